The van der Waals surface area contributed by atoms with E-state index in [2.05, 4.69) is 22.2 Å². The fourth-order valence-electron chi connectivity index (χ4n) is 2.36. The van der Waals surface area contributed by atoms with Crippen LogP contribution in [-0.4, -0.2) is 82.1 Å². The predicted molar refractivity (Wildman–Crippen MR) is 112 cm³/mol. The third-order valence-electron chi connectivity index (χ3n) is 3.68. The summed E-state index contributed by atoms with van der Waals surface area (Å²) in [4.78, 5) is 17.4. The first-order chi connectivity index (χ1) is 11.1. The second-order valence-electron chi connectivity index (χ2n) is 6.31. The van der Waals surface area contributed by atoms with Crippen LogP contribution in [0.25, 0.3) is 0 Å². The summed E-state index contributed by atoms with van der Waals surface area (Å²) < 4.78 is 25.1. The number of carbonyl (C=O) groups excluding carboxylic acids is 1. The zero-order valence-corrected chi connectivity index (χ0v) is 18.6. The van der Waals surface area contributed by atoms with Crippen molar-refractivity contribution in [2.45, 2.75) is 25.8 Å². The fraction of sp³-hybridized carbons (Fsp3) is 0.733. The number of hydrogen-bond donors (Lipinski definition) is 2. The minimum absolute atomic E-state index is 0. The highest BCUT2D eigenvalue weighted by atomic mass is 127. The van der Waals surface area contributed by atoms with Gasteiger partial charge in [0.05, 0.1) is 6.26 Å². The maximum absolute atomic E-state index is 11.8. The zero-order valence-electron chi connectivity index (χ0n) is 15.4. The van der Waals surface area contributed by atoms with E-state index < -0.39 is 10.0 Å². The topological polar surface area (TPSA) is 94.1 Å². The van der Waals surface area contributed by atoms with Crippen molar-refractivity contribution < 1.29 is 13.2 Å². The number of nitrogens with one attached hydrogen (secondary N) is 2. The molecule has 1 aliphatic heterocycles. The van der Waals surface area contributed by atoms with Gasteiger partial charge in [-0.15, -0.1) is 24.0 Å². The molecule has 0 unspecified atom stereocenters. The van der Waals surface area contributed by atoms with Gasteiger partial charge < -0.3 is 15.5 Å². The lowest BCUT2D eigenvalue weighted by Gasteiger charge is -2.23. The van der Waals surface area contributed by atoms with Crippen LogP contribution in [0.15, 0.2) is 17.1 Å². The lowest BCUT2D eigenvalue weighted by atomic mass is 10.2. The molecular formula is C15H30IN5O3S. The van der Waals surface area contributed by atoms with E-state index in [0.717, 1.165) is 18.4 Å². The Morgan fingerprint density at radius 2 is 2.00 bits per heavy atom. The fourth-order valence-corrected chi connectivity index (χ4v) is 3.54. The van der Waals surface area contributed by atoms with Crippen molar-refractivity contribution in [2.24, 2.45) is 4.99 Å². The SMILES string of the molecule is C=C(C)CNC(=NCC(=O)N(C)C)NC[C@H]1CCCN1S(C)(=O)=O.I. The van der Waals surface area contributed by atoms with E-state index in [-0.39, 0.29) is 42.5 Å². The molecule has 8 nitrogen and oxygen atoms in total. The number of sulfonamides is 1. The van der Waals surface area contributed by atoms with Crippen LogP contribution in [0.3, 0.4) is 0 Å². The number of hydrogen-bond acceptors (Lipinski definition) is 4. The van der Waals surface area contributed by atoms with E-state index in [9.17, 15) is 13.2 Å². The highest BCUT2D eigenvalue weighted by Gasteiger charge is 2.31. The van der Waals surface area contributed by atoms with Crippen LogP contribution in [-0.2, 0) is 14.8 Å². The molecule has 1 aliphatic rings. The molecule has 0 aliphatic carbocycles. The number of likely N-dealkylation sites (N-methyl/N-ethyl adjacent to an activating group) is 1. The molecule has 1 atom stereocenters. The monoisotopic (exact) mass is 487 g/mol. The molecule has 1 rings (SSSR count). The first-order valence-electron chi connectivity index (χ1n) is 7.94. The van der Waals surface area contributed by atoms with Gasteiger partial charge in [-0.3, -0.25) is 4.79 Å². The van der Waals surface area contributed by atoms with Gasteiger partial charge in [0, 0.05) is 39.8 Å². The van der Waals surface area contributed by atoms with E-state index in [1.807, 2.05) is 6.92 Å². The molecule has 0 aromatic heterocycles. The molecular weight excluding hydrogens is 457 g/mol. The predicted octanol–water partition coefficient (Wildman–Crippen LogP) is 0.228. The highest BCUT2D eigenvalue weighted by molar-refractivity contribution is 14.0. The molecule has 0 spiro atoms. The number of rotatable bonds is 7. The third kappa shape index (κ3) is 8.86. The van der Waals surface area contributed by atoms with Gasteiger partial charge in [0.15, 0.2) is 5.96 Å². The normalized spacial score (nSPS) is 18.4. The minimum Gasteiger partial charge on any atom is -0.355 e. The standard InChI is InChI=1S/C15H29N5O3S.HI/c1-12(2)9-16-15(18-11-14(21)19(3)4)17-10-13-7-6-8-20(13)24(5,22)23;/h13H,1,6-11H2,2-5H3,(H2,16,17,18);1H/t13-;/m1./s1. The van der Waals surface area contributed by atoms with E-state index in [1.165, 1.54) is 15.5 Å². The Hall–Kier alpha value is -0.880. The van der Waals surface area contributed by atoms with Crippen molar-refractivity contribution in [3.05, 3.63) is 12.2 Å². The van der Waals surface area contributed by atoms with E-state index >= 15 is 0 Å². The van der Waals surface area contributed by atoms with Gasteiger partial charge in [0.2, 0.25) is 15.9 Å². The van der Waals surface area contributed by atoms with Crippen LogP contribution in [0.2, 0.25) is 0 Å². The summed E-state index contributed by atoms with van der Waals surface area (Å²) in [5.74, 6) is 0.374. The molecule has 10 heteroatoms. The summed E-state index contributed by atoms with van der Waals surface area (Å²) in [5, 5.41) is 6.23. The zero-order chi connectivity index (χ0) is 18.3. The molecule has 1 amide bonds. The Bertz CT molecular complexity index is 592. The van der Waals surface area contributed by atoms with Crippen LogP contribution in [0.1, 0.15) is 19.8 Å². The molecule has 0 radical (unpaired) electrons. The summed E-state index contributed by atoms with van der Waals surface area (Å²) >= 11 is 0. The Labute approximate surface area is 168 Å². The number of halogens is 1. The number of aliphatic imine (C=N–C) groups is 1. The molecule has 146 valence electrons. The van der Waals surface area contributed by atoms with Crippen LogP contribution in [0, 0.1) is 0 Å². The molecule has 0 bridgehead atoms. The van der Waals surface area contributed by atoms with Gasteiger partial charge in [0.25, 0.3) is 0 Å². The van der Waals surface area contributed by atoms with E-state index in [1.54, 1.807) is 14.1 Å². The Morgan fingerprint density at radius 1 is 1.36 bits per heavy atom. The van der Waals surface area contributed by atoms with Crippen molar-refractivity contribution >= 4 is 45.9 Å². The average Bonchev–Trinajstić information content (AvgIpc) is 2.94. The number of guanidine groups is 1. The second-order valence-corrected chi connectivity index (χ2v) is 8.25. The first kappa shape index (κ1) is 24.1. The lowest BCUT2D eigenvalue weighted by molar-refractivity contribution is -0.127. The molecule has 0 aromatic rings. The van der Waals surface area contributed by atoms with Crippen molar-refractivity contribution in [2.75, 3.05) is 46.5 Å². The smallest absolute Gasteiger partial charge is 0.243 e. The summed E-state index contributed by atoms with van der Waals surface area (Å²) in [6.45, 7) is 7.27. The minimum atomic E-state index is -3.20. The molecule has 25 heavy (non-hydrogen) atoms. The van der Waals surface area contributed by atoms with E-state index in [4.69, 9.17) is 0 Å². The molecule has 1 fully saturated rings. The van der Waals surface area contributed by atoms with Gasteiger partial charge >= 0.3 is 0 Å². The van der Waals surface area contributed by atoms with Gasteiger partial charge in [0.1, 0.15) is 6.54 Å². The Morgan fingerprint density at radius 3 is 2.52 bits per heavy atom. The van der Waals surface area contributed by atoms with Crippen molar-refractivity contribution in [1.82, 2.24) is 19.8 Å². The van der Waals surface area contributed by atoms with Gasteiger partial charge in [-0.05, 0) is 19.8 Å². The van der Waals surface area contributed by atoms with Crippen molar-refractivity contribution in [3.8, 4) is 0 Å². The molecule has 0 aromatic carbocycles. The third-order valence-corrected chi connectivity index (χ3v) is 5.02. The van der Waals surface area contributed by atoms with Crippen LogP contribution >= 0.6 is 24.0 Å². The molecule has 0 saturated carbocycles. The first-order valence-corrected chi connectivity index (χ1v) is 9.79. The summed E-state index contributed by atoms with van der Waals surface area (Å²) in [7, 11) is 0.147. The lowest BCUT2D eigenvalue weighted by Crippen LogP contribution is -2.46. The summed E-state index contributed by atoms with van der Waals surface area (Å²) in [5.41, 5.74) is 0.932. The maximum Gasteiger partial charge on any atom is 0.243 e. The van der Waals surface area contributed by atoms with Gasteiger partial charge in [-0.1, -0.05) is 12.2 Å². The van der Waals surface area contributed by atoms with Gasteiger partial charge in [-0.2, -0.15) is 4.31 Å². The number of carbonyl (C=O) groups is 1. The number of nitrogens with zero attached hydrogens (tertiary/aromatic N) is 3. The summed E-state index contributed by atoms with van der Waals surface area (Å²) in [6, 6.07) is -0.0959. The van der Waals surface area contributed by atoms with Crippen LogP contribution < -0.4 is 10.6 Å². The van der Waals surface area contributed by atoms with Crippen molar-refractivity contribution in [1.29, 1.82) is 0 Å². The van der Waals surface area contributed by atoms with E-state index in [0.29, 0.717) is 25.6 Å². The molecule has 2 N–H and O–H groups in total. The molecule has 1 saturated heterocycles. The van der Waals surface area contributed by atoms with Gasteiger partial charge in [-0.25, -0.2) is 13.4 Å². The highest BCUT2D eigenvalue weighted by Crippen LogP contribution is 2.19. The second kappa shape index (κ2) is 11.0. The Kier molecular flexibility index (Phi) is 10.6. The quantitative estimate of drug-likeness (QED) is 0.232. The van der Waals surface area contributed by atoms with Crippen molar-refractivity contribution in [3.63, 3.8) is 0 Å². The maximum atomic E-state index is 11.8. The Balaban J connectivity index is 0.00000576. The largest absolute Gasteiger partial charge is 0.355 e. The average molecular weight is 487 g/mol. The number of amides is 1. The van der Waals surface area contributed by atoms with Crippen LogP contribution in [0.5, 0.6) is 0 Å². The summed E-state index contributed by atoms with van der Waals surface area (Å²) in [6.07, 6.45) is 2.89. The van der Waals surface area contributed by atoms with Crippen LogP contribution in [0.4, 0.5) is 0 Å². The molecule has 1 heterocycles.